The highest BCUT2D eigenvalue weighted by Gasteiger charge is 2.59. The topological polar surface area (TPSA) is 24.5 Å². The molecular formula is C15H28N2O. The van der Waals surface area contributed by atoms with E-state index in [1.807, 2.05) is 0 Å². The maximum atomic E-state index is 5.87. The van der Waals surface area contributed by atoms with Crippen molar-refractivity contribution in [2.24, 2.45) is 11.3 Å². The van der Waals surface area contributed by atoms with Crippen LogP contribution in [-0.2, 0) is 4.74 Å². The van der Waals surface area contributed by atoms with Crippen LogP contribution >= 0.6 is 0 Å². The normalized spacial score (nSPS) is 40.2. The van der Waals surface area contributed by atoms with Crippen LogP contribution in [0.1, 0.15) is 39.5 Å². The summed E-state index contributed by atoms with van der Waals surface area (Å²) in [7, 11) is 4.46. The molecule has 2 aliphatic carbocycles. The fourth-order valence-corrected chi connectivity index (χ4v) is 4.41. The highest BCUT2D eigenvalue weighted by Crippen LogP contribution is 2.52. The molecule has 1 saturated heterocycles. The number of likely N-dealkylation sites (N-methyl/N-ethyl adjacent to an activating group) is 1. The van der Waals surface area contributed by atoms with Crippen molar-refractivity contribution >= 4 is 0 Å². The molecule has 0 radical (unpaired) electrons. The van der Waals surface area contributed by atoms with Crippen molar-refractivity contribution in [2.45, 2.75) is 57.2 Å². The molecule has 3 nitrogen and oxygen atoms in total. The lowest BCUT2D eigenvalue weighted by molar-refractivity contribution is -0.116. The van der Waals surface area contributed by atoms with E-state index in [4.69, 9.17) is 4.74 Å². The zero-order valence-corrected chi connectivity index (χ0v) is 12.3. The van der Waals surface area contributed by atoms with Crippen LogP contribution in [0.2, 0.25) is 0 Å². The van der Waals surface area contributed by atoms with Gasteiger partial charge in [-0.05, 0) is 39.8 Å². The minimum absolute atomic E-state index is 0.318. The van der Waals surface area contributed by atoms with Gasteiger partial charge in [0, 0.05) is 36.1 Å². The Bertz CT molecular complexity index is 322. The average Bonchev–Trinajstić information content (AvgIpc) is 2.67. The van der Waals surface area contributed by atoms with Gasteiger partial charge in [0.2, 0.25) is 0 Å². The molecule has 0 aromatic rings. The second-order valence-corrected chi connectivity index (χ2v) is 7.40. The number of ether oxygens (including phenoxy) is 1. The third-order valence-corrected chi connectivity index (χ3v) is 5.98. The van der Waals surface area contributed by atoms with Gasteiger partial charge < -0.3 is 15.0 Å². The Balaban J connectivity index is 1.60. The first-order valence-electron chi connectivity index (χ1n) is 7.50. The lowest BCUT2D eigenvalue weighted by atomic mass is 9.57. The fourth-order valence-electron chi connectivity index (χ4n) is 4.41. The van der Waals surface area contributed by atoms with Crippen molar-refractivity contribution in [1.29, 1.82) is 0 Å². The van der Waals surface area contributed by atoms with E-state index in [1.54, 1.807) is 0 Å². The SMILES string of the molecule is CN(C)C1(CNC2C3CCOC3C2(C)C)CCC1. The van der Waals surface area contributed by atoms with Gasteiger partial charge in [0.15, 0.2) is 0 Å². The van der Waals surface area contributed by atoms with E-state index in [-0.39, 0.29) is 0 Å². The van der Waals surface area contributed by atoms with Crippen molar-refractivity contribution < 1.29 is 4.74 Å². The summed E-state index contributed by atoms with van der Waals surface area (Å²) in [6, 6.07) is 0.655. The number of hydrogen-bond donors (Lipinski definition) is 1. The summed E-state index contributed by atoms with van der Waals surface area (Å²) in [5, 5.41) is 3.88. The van der Waals surface area contributed by atoms with Gasteiger partial charge in [-0.15, -0.1) is 0 Å². The fraction of sp³-hybridized carbons (Fsp3) is 1.00. The molecule has 1 aliphatic heterocycles. The Labute approximate surface area is 111 Å². The van der Waals surface area contributed by atoms with E-state index in [0.717, 1.165) is 19.1 Å². The predicted octanol–water partition coefficient (Wildman–Crippen LogP) is 1.87. The third kappa shape index (κ3) is 1.67. The zero-order chi connectivity index (χ0) is 13.0. The second-order valence-electron chi connectivity index (χ2n) is 7.40. The molecule has 3 aliphatic rings. The summed E-state index contributed by atoms with van der Waals surface area (Å²) >= 11 is 0. The zero-order valence-electron chi connectivity index (χ0n) is 12.3. The Morgan fingerprint density at radius 1 is 1.28 bits per heavy atom. The quantitative estimate of drug-likeness (QED) is 0.827. The van der Waals surface area contributed by atoms with Crippen LogP contribution in [0, 0.1) is 11.3 Å². The Kier molecular flexibility index (Phi) is 3.00. The predicted molar refractivity (Wildman–Crippen MR) is 73.7 cm³/mol. The van der Waals surface area contributed by atoms with Crippen LogP contribution in [0.3, 0.4) is 0 Å². The van der Waals surface area contributed by atoms with E-state index in [9.17, 15) is 0 Å². The average molecular weight is 252 g/mol. The Hall–Kier alpha value is -0.120. The number of nitrogens with zero attached hydrogens (tertiary/aromatic N) is 1. The van der Waals surface area contributed by atoms with Gasteiger partial charge in [0.05, 0.1) is 6.10 Å². The van der Waals surface area contributed by atoms with Crippen molar-refractivity contribution in [3.63, 3.8) is 0 Å². The van der Waals surface area contributed by atoms with E-state index >= 15 is 0 Å². The maximum Gasteiger partial charge on any atom is 0.0685 e. The van der Waals surface area contributed by atoms with Crippen LogP contribution in [-0.4, -0.2) is 49.8 Å². The molecule has 104 valence electrons. The van der Waals surface area contributed by atoms with E-state index in [1.165, 1.54) is 25.7 Å². The van der Waals surface area contributed by atoms with E-state index in [2.05, 4.69) is 38.2 Å². The lowest BCUT2D eigenvalue weighted by Crippen LogP contribution is -2.69. The first kappa shape index (κ1) is 12.9. The van der Waals surface area contributed by atoms with Gasteiger partial charge in [-0.3, -0.25) is 0 Å². The molecule has 0 bridgehead atoms. The molecule has 3 rings (SSSR count). The number of hydrogen-bond acceptors (Lipinski definition) is 3. The molecule has 3 heteroatoms. The third-order valence-electron chi connectivity index (χ3n) is 5.98. The number of rotatable bonds is 4. The van der Waals surface area contributed by atoms with Crippen molar-refractivity contribution in [1.82, 2.24) is 10.2 Å². The molecule has 0 aromatic carbocycles. The molecule has 1 heterocycles. The van der Waals surface area contributed by atoms with Crippen LogP contribution in [0.15, 0.2) is 0 Å². The summed E-state index contributed by atoms with van der Waals surface area (Å²) in [5.41, 5.74) is 0.749. The molecule has 3 fully saturated rings. The summed E-state index contributed by atoms with van der Waals surface area (Å²) < 4.78 is 5.87. The molecule has 3 unspecified atom stereocenters. The first-order valence-corrected chi connectivity index (χ1v) is 7.50. The van der Waals surface area contributed by atoms with Crippen LogP contribution < -0.4 is 5.32 Å². The van der Waals surface area contributed by atoms with Gasteiger partial charge in [0.1, 0.15) is 0 Å². The molecule has 0 aromatic heterocycles. The molecule has 0 spiro atoms. The summed E-state index contributed by atoms with van der Waals surface area (Å²) in [6.07, 6.45) is 5.85. The highest BCUT2D eigenvalue weighted by atomic mass is 16.5. The Morgan fingerprint density at radius 2 is 2.00 bits per heavy atom. The standard InChI is InChI=1S/C15H28N2O/c1-14(2)12(11-6-9-18-13(11)14)16-10-15(17(3)4)7-5-8-15/h11-13,16H,5-10H2,1-4H3. The van der Waals surface area contributed by atoms with Gasteiger partial charge in [-0.2, -0.15) is 0 Å². The minimum Gasteiger partial charge on any atom is -0.377 e. The van der Waals surface area contributed by atoms with E-state index in [0.29, 0.717) is 23.1 Å². The van der Waals surface area contributed by atoms with Crippen LogP contribution in [0.5, 0.6) is 0 Å². The highest BCUT2D eigenvalue weighted by molar-refractivity contribution is 5.12. The Morgan fingerprint density at radius 3 is 2.56 bits per heavy atom. The molecule has 0 amide bonds. The monoisotopic (exact) mass is 252 g/mol. The largest absolute Gasteiger partial charge is 0.377 e. The van der Waals surface area contributed by atoms with E-state index < -0.39 is 0 Å². The molecule has 1 N–H and O–H groups in total. The number of nitrogens with one attached hydrogen (secondary N) is 1. The summed E-state index contributed by atoms with van der Waals surface area (Å²) in [5.74, 6) is 0.763. The summed E-state index contributed by atoms with van der Waals surface area (Å²) in [4.78, 5) is 2.43. The lowest BCUT2D eigenvalue weighted by Gasteiger charge is -2.57. The second kappa shape index (κ2) is 4.19. The van der Waals surface area contributed by atoms with Gasteiger partial charge in [-0.1, -0.05) is 13.8 Å². The van der Waals surface area contributed by atoms with Crippen molar-refractivity contribution in [3.8, 4) is 0 Å². The van der Waals surface area contributed by atoms with Crippen molar-refractivity contribution in [3.05, 3.63) is 0 Å². The molecular weight excluding hydrogens is 224 g/mol. The molecule has 3 atom stereocenters. The summed E-state index contributed by atoms with van der Waals surface area (Å²) in [6.45, 7) is 6.84. The minimum atomic E-state index is 0.318. The number of fused-ring (bicyclic) bond motifs is 1. The first-order chi connectivity index (χ1) is 8.47. The van der Waals surface area contributed by atoms with Gasteiger partial charge >= 0.3 is 0 Å². The van der Waals surface area contributed by atoms with Crippen LogP contribution in [0.25, 0.3) is 0 Å². The van der Waals surface area contributed by atoms with Gasteiger partial charge in [-0.25, -0.2) is 0 Å². The maximum absolute atomic E-state index is 5.87. The van der Waals surface area contributed by atoms with Gasteiger partial charge in [0.25, 0.3) is 0 Å². The molecule has 2 saturated carbocycles. The molecule has 18 heavy (non-hydrogen) atoms. The van der Waals surface area contributed by atoms with Crippen LogP contribution in [0.4, 0.5) is 0 Å². The smallest absolute Gasteiger partial charge is 0.0685 e. The van der Waals surface area contributed by atoms with Crippen molar-refractivity contribution in [2.75, 3.05) is 27.2 Å².